The Labute approximate surface area is 109 Å². The molecule has 19 heavy (non-hydrogen) atoms. The molecule has 0 saturated carbocycles. The van der Waals surface area contributed by atoms with Gasteiger partial charge in [0, 0.05) is 11.6 Å². The largest absolute Gasteiger partial charge is 0.339 e. The molecule has 0 spiro atoms. The summed E-state index contributed by atoms with van der Waals surface area (Å²) in [5.41, 5.74) is 0.552. The summed E-state index contributed by atoms with van der Waals surface area (Å²) in [7, 11) is 0. The predicted molar refractivity (Wildman–Crippen MR) is 75.5 cm³/mol. The first-order valence-corrected chi connectivity index (χ1v) is 5.90. The van der Waals surface area contributed by atoms with E-state index in [-0.39, 0.29) is 5.56 Å². The van der Waals surface area contributed by atoms with E-state index in [1.807, 2.05) is 36.4 Å². The molecule has 0 atom stereocenters. The highest BCUT2D eigenvalue weighted by molar-refractivity contribution is 5.81. The summed E-state index contributed by atoms with van der Waals surface area (Å²) < 4.78 is 0. The van der Waals surface area contributed by atoms with Crippen molar-refractivity contribution in [3.8, 4) is 0 Å². The Kier molecular flexibility index (Phi) is 2.90. The average Bonchev–Trinajstić information content (AvgIpc) is 2.60. The van der Waals surface area contributed by atoms with Crippen molar-refractivity contribution in [3.05, 3.63) is 71.3 Å². The Hall–Kier alpha value is -2.75. The first-order valence-electron chi connectivity index (χ1n) is 5.90. The first-order chi connectivity index (χ1) is 9.33. The fourth-order valence-electron chi connectivity index (χ4n) is 1.87. The highest BCUT2D eigenvalue weighted by atomic mass is 16.1. The van der Waals surface area contributed by atoms with E-state index in [2.05, 4.69) is 15.3 Å². The molecular weight excluding hydrogens is 238 g/mol. The molecular formula is C15H11N3O. The molecule has 1 aromatic carbocycles. The summed E-state index contributed by atoms with van der Waals surface area (Å²) in [4.78, 5) is 20.1. The van der Waals surface area contributed by atoms with Gasteiger partial charge < -0.3 is 5.32 Å². The van der Waals surface area contributed by atoms with Gasteiger partial charge >= 0.3 is 0 Å². The number of rotatable bonds is 2. The van der Waals surface area contributed by atoms with E-state index in [0.717, 1.165) is 11.1 Å². The Bertz CT molecular complexity index is 772. The van der Waals surface area contributed by atoms with Crippen LogP contribution in [0.2, 0.25) is 0 Å². The molecule has 92 valence electrons. The van der Waals surface area contributed by atoms with Crippen molar-refractivity contribution < 1.29 is 0 Å². The van der Waals surface area contributed by atoms with E-state index in [1.54, 1.807) is 24.5 Å². The van der Waals surface area contributed by atoms with Crippen LogP contribution in [-0.2, 0) is 0 Å². The molecule has 2 aromatic heterocycles. The van der Waals surface area contributed by atoms with Gasteiger partial charge in [-0.05, 0) is 29.7 Å². The summed E-state index contributed by atoms with van der Waals surface area (Å²) >= 11 is 0. The van der Waals surface area contributed by atoms with Crippen molar-refractivity contribution in [2.24, 2.45) is 0 Å². The van der Waals surface area contributed by atoms with E-state index in [0.29, 0.717) is 11.2 Å². The Morgan fingerprint density at radius 2 is 1.84 bits per heavy atom. The highest BCUT2D eigenvalue weighted by Gasteiger charge is 2.00. The number of hydrogen-bond donors (Lipinski definition) is 1. The second-order valence-electron chi connectivity index (χ2n) is 4.09. The van der Waals surface area contributed by atoms with Gasteiger partial charge in [-0.2, -0.15) is 4.98 Å². The van der Waals surface area contributed by atoms with Crippen LogP contribution >= 0.6 is 0 Å². The van der Waals surface area contributed by atoms with E-state index in [4.69, 9.17) is 0 Å². The molecule has 3 rings (SSSR count). The molecule has 0 bridgehead atoms. The van der Waals surface area contributed by atoms with Gasteiger partial charge in [0.2, 0.25) is 0 Å². The second-order valence-corrected chi connectivity index (χ2v) is 4.09. The third-order valence-corrected chi connectivity index (χ3v) is 2.77. The topological polar surface area (TPSA) is 54.9 Å². The molecule has 0 fully saturated rings. The van der Waals surface area contributed by atoms with E-state index >= 15 is 0 Å². The number of anilines is 2. The SMILES string of the molecule is O=c1nc(Nc2cccnc2)ccc2ccccc12. The maximum Gasteiger partial charge on any atom is 0.279 e. The maximum absolute atomic E-state index is 12.0. The number of pyridine rings is 1. The molecule has 0 aliphatic heterocycles. The standard InChI is InChI=1S/C15H11N3O/c19-15-13-6-2-1-4-11(13)7-8-14(18-15)17-12-5-3-9-16-10-12/h1-10H,(H,17,18,19). The van der Waals surface area contributed by atoms with Crippen LogP contribution in [0, 0.1) is 0 Å². The first kappa shape index (κ1) is 11.3. The summed E-state index contributed by atoms with van der Waals surface area (Å²) in [6.07, 6.45) is 3.37. The van der Waals surface area contributed by atoms with Crippen LogP contribution < -0.4 is 10.9 Å². The molecule has 0 radical (unpaired) electrons. The molecule has 0 aliphatic rings. The third-order valence-electron chi connectivity index (χ3n) is 2.77. The number of nitrogens with zero attached hydrogens (tertiary/aromatic N) is 2. The number of hydrogen-bond acceptors (Lipinski definition) is 4. The Balaban J connectivity index is 2.09. The number of aromatic nitrogens is 2. The lowest BCUT2D eigenvalue weighted by atomic mass is 10.2. The molecule has 3 aromatic rings. The van der Waals surface area contributed by atoms with Crippen molar-refractivity contribution in [2.45, 2.75) is 0 Å². The van der Waals surface area contributed by atoms with Gasteiger partial charge in [-0.1, -0.05) is 24.3 Å². The Morgan fingerprint density at radius 1 is 0.947 bits per heavy atom. The zero-order chi connectivity index (χ0) is 13.1. The minimum absolute atomic E-state index is 0.244. The second kappa shape index (κ2) is 4.86. The number of nitrogens with one attached hydrogen (secondary N) is 1. The monoisotopic (exact) mass is 249 g/mol. The molecule has 0 saturated heterocycles. The van der Waals surface area contributed by atoms with Gasteiger partial charge in [0.15, 0.2) is 0 Å². The molecule has 0 amide bonds. The highest BCUT2D eigenvalue weighted by Crippen LogP contribution is 2.13. The van der Waals surface area contributed by atoms with Crippen molar-refractivity contribution >= 4 is 22.3 Å². The van der Waals surface area contributed by atoms with Gasteiger partial charge in [-0.3, -0.25) is 9.78 Å². The van der Waals surface area contributed by atoms with E-state index in [9.17, 15) is 4.79 Å². The van der Waals surface area contributed by atoms with Gasteiger partial charge in [0.25, 0.3) is 5.56 Å². The molecule has 0 aliphatic carbocycles. The molecule has 4 nitrogen and oxygen atoms in total. The molecule has 1 N–H and O–H groups in total. The van der Waals surface area contributed by atoms with Crippen LogP contribution in [0.15, 0.2) is 65.7 Å². The summed E-state index contributed by atoms with van der Waals surface area (Å²) in [5.74, 6) is 0.509. The fraction of sp³-hybridized carbons (Fsp3) is 0. The maximum atomic E-state index is 12.0. The van der Waals surface area contributed by atoms with Gasteiger partial charge in [-0.25, -0.2) is 0 Å². The normalized spacial score (nSPS) is 10.3. The number of benzene rings is 1. The van der Waals surface area contributed by atoms with Crippen molar-refractivity contribution in [2.75, 3.05) is 5.32 Å². The lowest BCUT2D eigenvalue weighted by molar-refractivity contribution is 1.26. The summed E-state index contributed by atoms with van der Waals surface area (Å²) in [5, 5.41) is 4.55. The van der Waals surface area contributed by atoms with Gasteiger partial charge in [-0.15, -0.1) is 0 Å². The van der Waals surface area contributed by atoms with Gasteiger partial charge in [0.1, 0.15) is 5.82 Å². The molecule has 4 heteroatoms. The molecule has 0 unspecified atom stereocenters. The predicted octanol–water partition coefficient (Wildman–Crippen LogP) is 2.73. The van der Waals surface area contributed by atoms with Crippen molar-refractivity contribution in [1.82, 2.24) is 9.97 Å². The summed E-state index contributed by atoms with van der Waals surface area (Å²) in [6, 6.07) is 14.8. The zero-order valence-electron chi connectivity index (χ0n) is 10.1. The van der Waals surface area contributed by atoms with Crippen LogP contribution in [0.5, 0.6) is 0 Å². The van der Waals surface area contributed by atoms with Crippen molar-refractivity contribution in [3.63, 3.8) is 0 Å². The van der Waals surface area contributed by atoms with Crippen LogP contribution in [0.3, 0.4) is 0 Å². The summed E-state index contributed by atoms with van der Waals surface area (Å²) in [6.45, 7) is 0. The lowest BCUT2D eigenvalue weighted by Gasteiger charge is -2.01. The minimum atomic E-state index is -0.244. The van der Waals surface area contributed by atoms with Crippen molar-refractivity contribution in [1.29, 1.82) is 0 Å². The third kappa shape index (κ3) is 2.42. The minimum Gasteiger partial charge on any atom is -0.339 e. The fourth-order valence-corrected chi connectivity index (χ4v) is 1.87. The van der Waals surface area contributed by atoms with Crippen LogP contribution in [0.25, 0.3) is 10.8 Å². The number of fused-ring (bicyclic) bond motifs is 1. The van der Waals surface area contributed by atoms with Crippen LogP contribution in [-0.4, -0.2) is 9.97 Å². The Morgan fingerprint density at radius 3 is 2.68 bits per heavy atom. The van der Waals surface area contributed by atoms with E-state index in [1.165, 1.54) is 0 Å². The van der Waals surface area contributed by atoms with E-state index < -0.39 is 0 Å². The van der Waals surface area contributed by atoms with Gasteiger partial charge in [0.05, 0.1) is 11.9 Å². The smallest absolute Gasteiger partial charge is 0.279 e. The molecule has 2 heterocycles. The quantitative estimate of drug-likeness (QED) is 0.758. The lowest BCUT2D eigenvalue weighted by Crippen LogP contribution is -2.04. The average molecular weight is 249 g/mol. The van der Waals surface area contributed by atoms with Crippen LogP contribution in [0.1, 0.15) is 0 Å². The van der Waals surface area contributed by atoms with Crippen LogP contribution in [0.4, 0.5) is 11.5 Å². The zero-order valence-corrected chi connectivity index (χ0v) is 10.1.